The van der Waals surface area contributed by atoms with E-state index in [0.717, 1.165) is 6.42 Å². The van der Waals surface area contributed by atoms with Crippen LogP contribution in [0.1, 0.15) is 30.4 Å². The number of nitrogens with one attached hydrogen (secondary N) is 1. The van der Waals surface area contributed by atoms with Gasteiger partial charge in [0.1, 0.15) is 6.10 Å². The van der Waals surface area contributed by atoms with Gasteiger partial charge in [0.05, 0.1) is 0 Å². The highest BCUT2D eigenvalue weighted by atomic mass is 16.3. The summed E-state index contributed by atoms with van der Waals surface area (Å²) in [6.45, 7) is 2.01. The number of aliphatic hydroxyl groups is 1. The molecule has 0 aliphatic heterocycles. The van der Waals surface area contributed by atoms with Gasteiger partial charge in [0.15, 0.2) is 0 Å². The zero-order valence-electron chi connectivity index (χ0n) is 12.2. The molecule has 0 aromatic heterocycles. The molecule has 2 rings (SSSR count). The summed E-state index contributed by atoms with van der Waals surface area (Å²) in [4.78, 5) is 11.4. The molecule has 2 aromatic carbocycles. The predicted octanol–water partition coefficient (Wildman–Crippen LogP) is 2.71. The molecular formula is C18H21NO2. The predicted molar refractivity (Wildman–Crippen MR) is 84.0 cm³/mol. The summed E-state index contributed by atoms with van der Waals surface area (Å²) >= 11 is 0. The van der Waals surface area contributed by atoms with Crippen molar-refractivity contribution >= 4 is 5.91 Å². The van der Waals surface area contributed by atoms with E-state index in [9.17, 15) is 9.90 Å². The number of hydrogen-bond acceptors (Lipinski definition) is 2. The molecule has 3 nitrogen and oxygen atoms in total. The summed E-state index contributed by atoms with van der Waals surface area (Å²) in [7, 11) is 0. The van der Waals surface area contributed by atoms with E-state index < -0.39 is 6.10 Å². The first-order valence-electron chi connectivity index (χ1n) is 7.24. The fraction of sp³-hybridized carbons (Fsp3) is 0.278. The van der Waals surface area contributed by atoms with E-state index in [-0.39, 0.29) is 11.8 Å². The lowest BCUT2D eigenvalue weighted by Crippen LogP contribution is -2.33. The van der Waals surface area contributed by atoms with E-state index in [1.807, 2.05) is 36.4 Å². The normalized spacial score (nSPS) is 12.1. The second kappa shape index (κ2) is 7.60. The lowest BCUT2D eigenvalue weighted by Gasteiger charge is -2.18. The van der Waals surface area contributed by atoms with Crippen molar-refractivity contribution in [3.8, 4) is 0 Å². The van der Waals surface area contributed by atoms with Gasteiger partial charge in [-0.1, -0.05) is 60.7 Å². The van der Waals surface area contributed by atoms with Crippen LogP contribution in [0.25, 0.3) is 0 Å². The van der Waals surface area contributed by atoms with Crippen LogP contribution in [-0.4, -0.2) is 23.7 Å². The number of carbonyl (C=O) groups is 1. The van der Waals surface area contributed by atoms with Crippen LogP contribution in [0.15, 0.2) is 60.7 Å². The van der Waals surface area contributed by atoms with Gasteiger partial charge in [-0.3, -0.25) is 4.79 Å². The Morgan fingerprint density at radius 2 is 1.48 bits per heavy atom. The largest absolute Gasteiger partial charge is 0.384 e. The van der Waals surface area contributed by atoms with Gasteiger partial charge in [-0.25, -0.2) is 0 Å². The van der Waals surface area contributed by atoms with Crippen LogP contribution >= 0.6 is 0 Å². The third kappa shape index (κ3) is 4.43. The van der Waals surface area contributed by atoms with Crippen molar-refractivity contribution in [3.05, 3.63) is 71.8 Å². The summed E-state index contributed by atoms with van der Waals surface area (Å²) in [5, 5.41) is 12.0. The van der Waals surface area contributed by atoms with Crippen molar-refractivity contribution in [2.45, 2.75) is 25.4 Å². The molecule has 2 N–H and O–H groups in total. The standard InChI is InChI=1S/C18H21NO2/c1-14(20)18(21)19-13-12-17(15-8-4-2-5-9-15)16-10-6-3-7-11-16/h2-11,14,17,20H,12-13H2,1H3,(H,19,21)/t14-/m1/s1. The van der Waals surface area contributed by atoms with Crippen molar-refractivity contribution in [3.63, 3.8) is 0 Å². The Kier molecular flexibility index (Phi) is 5.52. The van der Waals surface area contributed by atoms with E-state index in [1.165, 1.54) is 18.1 Å². The average Bonchev–Trinajstić information content (AvgIpc) is 2.53. The van der Waals surface area contributed by atoms with Gasteiger partial charge in [0.25, 0.3) is 0 Å². The van der Waals surface area contributed by atoms with Crippen LogP contribution in [-0.2, 0) is 4.79 Å². The smallest absolute Gasteiger partial charge is 0.248 e. The second-order valence-electron chi connectivity index (χ2n) is 5.13. The third-order valence-electron chi connectivity index (χ3n) is 3.52. The van der Waals surface area contributed by atoms with Gasteiger partial charge in [-0.2, -0.15) is 0 Å². The fourth-order valence-corrected chi connectivity index (χ4v) is 2.38. The number of hydrogen-bond donors (Lipinski definition) is 2. The molecule has 0 saturated heterocycles. The molecule has 0 unspecified atom stereocenters. The zero-order valence-corrected chi connectivity index (χ0v) is 12.2. The lowest BCUT2D eigenvalue weighted by atomic mass is 9.88. The molecule has 0 saturated carbocycles. The number of carbonyl (C=O) groups excluding carboxylic acids is 1. The van der Waals surface area contributed by atoms with Gasteiger partial charge >= 0.3 is 0 Å². The number of aliphatic hydroxyl groups excluding tert-OH is 1. The van der Waals surface area contributed by atoms with Crippen molar-refractivity contribution in [2.75, 3.05) is 6.54 Å². The first-order chi connectivity index (χ1) is 10.2. The highest BCUT2D eigenvalue weighted by Crippen LogP contribution is 2.27. The first kappa shape index (κ1) is 15.3. The Labute approximate surface area is 125 Å². The van der Waals surface area contributed by atoms with Crippen LogP contribution < -0.4 is 5.32 Å². The van der Waals surface area contributed by atoms with Crippen LogP contribution in [0.2, 0.25) is 0 Å². The fourth-order valence-electron chi connectivity index (χ4n) is 2.38. The van der Waals surface area contributed by atoms with E-state index >= 15 is 0 Å². The van der Waals surface area contributed by atoms with E-state index in [0.29, 0.717) is 6.54 Å². The summed E-state index contributed by atoms with van der Waals surface area (Å²) < 4.78 is 0. The summed E-state index contributed by atoms with van der Waals surface area (Å²) in [5.41, 5.74) is 2.46. The molecule has 0 spiro atoms. The van der Waals surface area contributed by atoms with Crippen molar-refractivity contribution in [2.24, 2.45) is 0 Å². The SMILES string of the molecule is C[C@@H](O)C(=O)NCCC(c1ccccc1)c1ccccc1. The Balaban J connectivity index is 2.09. The Morgan fingerprint density at radius 1 is 1.00 bits per heavy atom. The Hall–Kier alpha value is -2.13. The summed E-state index contributed by atoms with van der Waals surface area (Å²) in [6.07, 6.45) is -0.163. The highest BCUT2D eigenvalue weighted by Gasteiger charge is 2.15. The topological polar surface area (TPSA) is 49.3 Å². The minimum absolute atomic E-state index is 0.238. The molecule has 0 heterocycles. The van der Waals surface area contributed by atoms with Gasteiger partial charge in [-0.05, 0) is 24.5 Å². The first-order valence-corrected chi connectivity index (χ1v) is 7.24. The van der Waals surface area contributed by atoms with E-state index in [4.69, 9.17) is 0 Å². The van der Waals surface area contributed by atoms with Gasteiger partial charge < -0.3 is 10.4 Å². The number of amides is 1. The maximum atomic E-state index is 11.4. The van der Waals surface area contributed by atoms with Gasteiger partial charge in [0, 0.05) is 12.5 Å². The van der Waals surface area contributed by atoms with Crippen molar-refractivity contribution in [1.82, 2.24) is 5.32 Å². The minimum Gasteiger partial charge on any atom is -0.384 e. The third-order valence-corrected chi connectivity index (χ3v) is 3.52. The molecule has 2 aromatic rings. The Bertz CT molecular complexity index is 512. The van der Waals surface area contributed by atoms with Crippen LogP contribution in [0.5, 0.6) is 0 Å². The minimum atomic E-state index is -0.961. The monoisotopic (exact) mass is 283 g/mol. The molecule has 0 aliphatic carbocycles. The van der Waals surface area contributed by atoms with Crippen LogP contribution in [0, 0.1) is 0 Å². The number of benzene rings is 2. The maximum absolute atomic E-state index is 11.4. The molecule has 0 bridgehead atoms. The molecule has 21 heavy (non-hydrogen) atoms. The quantitative estimate of drug-likeness (QED) is 0.856. The van der Waals surface area contributed by atoms with Gasteiger partial charge in [0.2, 0.25) is 5.91 Å². The number of rotatable bonds is 6. The van der Waals surface area contributed by atoms with Gasteiger partial charge in [-0.15, -0.1) is 0 Å². The summed E-state index contributed by atoms with van der Waals surface area (Å²) in [5.74, 6) is -0.0865. The van der Waals surface area contributed by atoms with Crippen molar-refractivity contribution in [1.29, 1.82) is 0 Å². The molecular weight excluding hydrogens is 262 g/mol. The molecule has 3 heteroatoms. The molecule has 1 amide bonds. The van der Waals surface area contributed by atoms with E-state index in [2.05, 4.69) is 29.6 Å². The zero-order chi connectivity index (χ0) is 15.1. The highest BCUT2D eigenvalue weighted by molar-refractivity contribution is 5.79. The van der Waals surface area contributed by atoms with Crippen molar-refractivity contribution < 1.29 is 9.90 Å². The molecule has 0 aliphatic rings. The molecule has 1 atom stereocenters. The Morgan fingerprint density at radius 3 is 1.90 bits per heavy atom. The van der Waals surface area contributed by atoms with Crippen LogP contribution in [0.3, 0.4) is 0 Å². The molecule has 0 radical (unpaired) electrons. The average molecular weight is 283 g/mol. The molecule has 0 fully saturated rings. The maximum Gasteiger partial charge on any atom is 0.248 e. The van der Waals surface area contributed by atoms with E-state index in [1.54, 1.807) is 0 Å². The molecule has 110 valence electrons. The summed E-state index contributed by atoms with van der Waals surface area (Å²) in [6, 6.07) is 20.5. The van der Waals surface area contributed by atoms with Crippen LogP contribution in [0.4, 0.5) is 0 Å². The second-order valence-corrected chi connectivity index (χ2v) is 5.13. The lowest BCUT2D eigenvalue weighted by molar-refractivity contribution is -0.128.